The van der Waals surface area contributed by atoms with Crippen LogP contribution in [0, 0.1) is 5.41 Å². The van der Waals surface area contributed by atoms with E-state index in [1.807, 2.05) is 0 Å². The summed E-state index contributed by atoms with van der Waals surface area (Å²) in [6, 6.07) is 10.9. The van der Waals surface area contributed by atoms with Crippen LogP contribution in [0.15, 0.2) is 30.3 Å². The van der Waals surface area contributed by atoms with Gasteiger partial charge in [-0.2, -0.15) is 0 Å². The molecule has 0 aromatic heterocycles. The molecule has 0 N–H and O–H groups in total. The van der Waals surface area contributed by atoms with Gasteiger partial charge in [0.15, 0.2) is 0 Å². The van der Waals surface area contributed by atoms with Crippen molar-refractivity contribution in [3.8, 4) is 0 Å². The molecular formula is C25H44O. The smallest absolute Gasteiger partial charge is 0.0466 e. The van der Waals surface area contributed by atoms with Gasteiger partial charge in [-0.05, 0) is 43.1 Å². The van der Waals surface area contributed by atoms with Gasteiger partial charge in [0, 0.05) is 13.2 Å². The van der Waals surface area contributed by atoms with Gasteiger partial charge in [0.25, 0.3) is 0 Å². The summed E-state index contributed by atoms with van der Waals surface area (Å²) in [7, 11) is 0. The van der Waals surface area contributed by atoms with E-state index in [0.29, 0.717) is 5.41 Å². The van der Waals surface area contributed by atoms with E-state index < -0.39 is 0 Å². The molecule has 0 saturated heterocycles. The van der Waals surface area contributed by atoms with Crippen LogP contribution in [0.5, 0.6) is 0 Å². The van der Waals surface area contributed by atoms with Crippen LogP contribution in [0.25, 0.3) is 0 Å². The van der Waals surface area contributed by atoms with Crippen LogP contribution in [-0.2, 0) is 11.2 Å². The van der Waals surface area contributed by atoms with Crippen LogP contribution in [0.3, 0.4) is 0 Å². The lowest BCUT2D eigenvalue weighted by Crippen LogP contribution is -2.07. The first kappa shape index (κ1) is 23.2. The van der Waals surface area contributed by atoms with Crippen LogP contribution in [0.1, 0.15) is 103 Å². The molecule has 1 nitrogen and oxygen atoms in total. The molecule has 0 bridgehead atoms. The highest BCUT2D eigenvalue weighted by Crippen LogP contribution is 2.20. The Bertz CT molecular complexity index is 404. The molecular weight excluding hydrogens is 316 g/mol. The summed E-state index contributed by atoms with van der Waals surface area (Å²) >= 11 is 0. The van der Waals surface area contributed by atoms with Crippen molar-refractivity contribution in [3.63, 3.8) is 0 Å². The maximum atomic E-state index is 5.74. The quantitative estimate of drug-likeness (QED) is 0.271. The second kappa shape index (κ2) is 15.3. The highest BCUT2D eigenvalue weighted by molar-refractivity contribution is 5.14. The second-order valence-electron chi connectivity index (χ2n) is 9.05. The van der Waals surface area contributed by atoms with Crippen LogP contribution in [0.4, 0.5) is 0 Å². The highest BCUT2D eigenvalue weighted by Gasteiger charge is 2.08. The zero-order valence-electron chi connectivity index (χ0n) is 17.9. The molecule has 0 heterocycles. The maximum absolute atomic E-state index is 5.74. The number of ether oxygens (including phenoxy) is 1. The van der Waals surface area contributed by atoms with Crippen molar-refractivity contribution in [2.75, 3.05) is 13.2 Å². The fraction of sp³-hybridized carbons (Fsp3) is 0.760. The number of rotatable bonds is 16. The lowest BCUT2D eigenvalue weighted by Gasteiger charge is -2.17. The summed E-state index contributed by atoms with van der Waals surface area (Å²) in [5.41, 5.74) is 1.94. The molecule has 1 heteroatoms. The molecule has 1 aromatic carbocycles. The van der Waals surface area contributed by atoms with Gasteiger partial charge in [-0.3, -0.25) is 0 Å². The predicted molar refractivity (Wildman–Crippen MR) is 116 cm³/mol. The van der Waals surface area contributed by atoms with Gasteiger partial charge in [-0.1, -0.05) is 102 Å². The average Bonchev–Trinajstić information content (AvgIpc) is 2.61. The zero-order chi connectivity index (χ0) is 18.9. The number of hydrogen-bond acceptors (Lipinski definition) is 1. The van der Waals surface area contributed by atoms with Crippen LogP contribution >= 0.6 is 0 Å². The Morgan fingerprint density at radius 1 is 0.615 bits per heavy atom. The van der Waals surface area contributed by atoms with Crippen molar-refractivity contribution in [2.45, 2.75) is 104 Å². The normalized spacial score (nSPS) is 11.8. The van der Waals surface area contributed by atoms with Gasteiger partial charge in [0.2, 0.25) is 0 Å². The van der Waals surface area contributed by atoms with E-state index >= 15 is 0 Å². The first-order valence-corrected chi connectivity index (χ1v) is 11.2. The molecule has 0 fully saturated rings. The summed E-state index contributed by atoms with van der Waals surface area (Å²) < 4.78 is 5.74. The molecule has 0 unspecified atom stereocenters. The van der Waals surface area contributed by atoms with E-state index in [9.17, 15) is 0 Å². The predicted octanol–water partition coefficient (Wildman–Crippen LogP) is 7.97. The van der Waals surface area contributed by atoms with E-state index in [1.54, 1.807) is 0 Å². The molecule has 150 valence electrons. The molecule has 0 saturated carbocycles. The van der Waals surface area contributed by atoms with Gasteiger partial charge >= 0.3 is 0 Å². The Kier molecular flexibility index (Phi) is 13.6. The van der Waals surface area contributed by atoms with E-state index in [4.69, 9.17) is 4.74 Å². The molecule has 0 radical (unpaired) electrons. The van der Waals surface area contributed by atoms with Gasteiger partial charge < -0.3 is 4.74 Å². The monoisotopic (exact) mass is 360 g/mol. The van der Waals surface area contributed by atoms with E-state index in [0.717, 1.165) is 13.2 Å². The van der Waals surface area contributed by atoms with Crippen LogP contribution < -0.4 is 0 Å². The molecule has 26 heavy (non-hydrogen) atoms. The van der Waals surface area contributed by atoms with Crippen LogP contribution in [0.2, 0.25) is 0 Å². The minimum Gasteiger partial charge on any atom is -0.381 e. The zero-order valence-corrected chi connectivity index (χ0v) is 17.9. The van der Waals surface area contributed by atoms with Gasteiger partial charge in [0.1, 0.15) is 0 Å². The van der Waals surface area contributed by atoms with E-state index in [2.05, 4.69) is 51.1 Å². The summed E-state index contributed by atoms with van der Waals surface area (Å²) in [5.74, 6) is 0. The van der Waals surface area contributed by atoms with Crippen molar-refractivity contribution >= 4 is 0 Å². The summed E-state index contributed by atoms with van der Waals surface area (Å²) in [6.45, 7) is 8.82. The number of hydrogen-bond donors (Lipinski definition) is 0. The SMILES string of the molecule is CC(C)(C)CCCOCCCCCCCCCCCCc1ccccc1. The fourth-order valence-corrected chi connectivity index (χ4v) is 3.40. The molecule has 0 amide bonds. The van der Waals surface area contributed by atoms with E-state index in [1.165, 1.54) is 89.0 Å². The summed E-state index contributed by atoms with van der Waals surface area (Å²) in [6.07, 6.45) is 17.5. The molecule has 0 aliphatic heterocycles. The fourth-order valence-electron chi connectivity index (χ4n) is 3.40. The highest BCUT2D eigenvalue weighted by atomic mass is 16.5. The Labute approximate surface area is 163 Å². The van der Waals surface area contributed by atoms with Crippen LogP contribution in [-0.4, -0.2) is 13.2 Å². The van der Waals surface area contributed by atoms with Crippen molar-refractivity contribution in [2.24, 2.45) is 5.41 Å². The van der Waals surface area contributed by atoms with Gasteiger partial charge in [0.05, 0.1) is 0 Å². The van der Waals surface area contributed by atoms with Crippen molar-refractivity contribution in [3.05, 3.63) is 35.9 Å². The minimum atomic E-state index is 0.450. The first-order valence-electron chi connectivity index (χ1n) is 11.2. The topological polar surface area (TPSA) is 9.23 Å². The molecule has 1 rings (SSSR count). The summed E-state index contributed by atoms with van der Waals surface area (Å²) in [5, 5.41) is 0. The molecule has 1 aromatic rings. The van der Waals surface area contributed by atoms with Crippen molar-refractivity contribution < 1.29 is 4.74 Å². The molecule has 0 atom stereocenters. The Morgan fingerprint density at radius 2 is 1.12 bits per heavy atom. The number of benzene rings is 1. The third-order valence-electron chi connectivity index (χ3n) is 5.06. The molecule has 0 aliphatic carbocycles. The van der Waals surface area contributed by atoms with E-state index in [-0.39, 0.29) is 0 Å². The van der Waals surface area contributed by atoms with Gasteiger partial charge in [-0.15, -0.1) is 0 Å². The Hall–Kier alpha value is -0.820. The number of unbranched alkanes of at least 4 members (excludes halogenated alkanes) is 9. The van der Waals surface area contributed by atoms with Crippen molar-refractivity contribution in [1.82, 2.24) is 0 Å². The van der Waals surface area contributed by atoms with Gasteiger partial charge in [-0.25, -0.2) is 0 Å². The Balaban J connectivity index is 1.72. The summed E-state index contributed by atoms with van der Waals surface area (Å²) in [4.78, 5) is 0. The third kappa shape index (κ3) is 15.4. The second-order valence-corrected chi connectivity index (χ2v) is 9.05. The minimum absolute atomic E-state index is 0.450. The standard InChI is InChI=1S/C25H44O/c1-25(2,3)21-17-23-26-22-16-11-9-7-5-4-6-8-10-13-18-24-19-14-12-15-20-24/h12,14-15,19-20H,4-11,13,16-18,21-23H2,1-3H3. The average molecular weight is 361 g/mol. The largest absolute Gasteiger partial charge is 0.381 e. The van der Waals surface area contributed by atoms with Crippen molar-refractivity contribution in [1.29, 1.82) is 0 Å². The maximum Gasteiger partial charge on any atom is 0.0466 e. The Morgan fingerprint density at radius 3 is 1.69 bits per heavy atom. The lowest BCUT2D eigenvalue weighted by molar-refractivity contribution is 0.118. The molecule has 0 spiro atoms. The first-order chi connectivity index (χ1) is 12.6. The molecule has 0 aliphatic rings. The third-order valence-corrected chi connectivity index (χ3v) is 5.06. The lowest BCUT2D eigenvalue weighted by atomic mass is 9.91. The number of aryl methyl sites for hydroxylation is 1.